The molecular formula is C14H16FNO2. The van der Waals surface area contributed by atoms with Gasteiger partial charge in [0.1, 0.15) is 23.7 Å². The summed E-state index contributed by atoms with van der Waals surface area (Å²) < 4.78 is 19.7. The summed E-state index contributed by atoms with van der Waals surface area (Å²) in [5.74, 6) is 0.163. The van der Waals surface area contributed by atoms with Crippen molar-refractivity contribution in [3.63, 3.8) is 0 Å². The molecule has 18 heavy (non-hydrogen) atoms. The topological polar surface area (TPSA) is 29.5 Å². The van der Waals surface area contributed by atoms with Crippen LogP contribution in [0.5, 0.6) is 5.75 Å². The van der Waals surface area contributed by atoms with Crippen LogP contribution in [-0.4, -0.2) is 30.5 Å². The molecule has 0 spiro atoms. The first kappa shape index (κ1) is 11.5. The number of ether oxygens (including phenoxy) is 1. The Kier molecular flexibility index (Phi) is 2.73. The van der Waals surface area contributed by atoms with Crippen molar-refractivity contribution in [3.05, 3.63) is 29.1 Å². The van der Waals surface area contributed by atoms with Gasteiger partial charge in [0.2, 0.25) is 0 Å². The summed E-state index contributed by atoms with van der Waals surface area (Å²) >= 11 is 0. The molecule has 1 aliphatic carbocycles. The second-order valence-corrected chi connectivity index (χ2v) is 4.88. The first-order valence-electron chi connectivity index (χ1n) is 6.46. The highest BCUT2D eigenvalue weighted by atomic mass is 19.1. The van der Waals surface area contributed by atoms with Gasteiger partial charge in [0.15, 0.2) is 0 Å². The van der Waals surface area contributed by atoms with E-state index in [0.717, 1.165) is 18.4 Å². The van der Waals surface area contributed by atoms with Gasteiger partial charge in [0, 0.05) is 6.54 Å². The Labute approximate surface area is 106 Å². The number of amides is 1. The zero-order chi connectivity index (χ0) is 12.7. The minimum atomic E-state index is -0.445. The van der Waals surface area contributed by atoms with Gasteiger partial charge in [0.05, 0.1) is 6.54 Å². The van der Waals surface area contributed by atoms with E-state index in [1.165, 1.54) is 6.07 Å². The smallest absolute Gasteiger partial charge is 0.260 e. The van der Waals surface area contributed by atoms with Crippen LogP contribution in [-0.2, 0) is 0 Å². The van der Waals surface area contributed by atoms with Crippen LogP contribution in [0.25, 0.3) is 0 Å². The zero-order valence-corrected chi connectivity index (χ0v) is 10.4. The molecule has 0 unspecified atom stereocenters. The van der Waals surface area contributed by atoms with E-state index in [-0.39, 0.29) is 11.5 Å². The summed E-state index contributed by atoms with van der Waals surface area (Å²) in [7, 11) is 0. The van der Waals surface area contributed by atoms with Gasteiger partial charge in [0.25, 0.3) is 5.91 Å². The second kappa shape index (κ2) is 4.26. The van der Waals surface area contributed by atoms with Crippen molar-refractivity contribution in [2.24, 2.45) is 0 Å². The predicted octanol–water partition coefficient (Wildman–Crippen LogP) is 2.56. The van der Waals surface area contributed by atoms with Crippen LogP contribution in [0.3, 0.4) is 0 Å². The molecule has 0 N–H and O–H groups in total. The van der Waals surface area contributed by atoms with E-state index in [2.05, 4.69) is 0 Å². The molecule has 3 rings (SSSR count). The molecule has 0 radical (unpaired) electrons. The van der Waals surface area contributed by atoms with E-state index in [0.29, 0.717) is 31.4 Å². The number of rotatable bonds is 2. The van der Waals surface area contributed by atoms with Gasteiger partial charge in [-0.2, -0.15) is 0 Å². The monoisotopic (exact) mass is 249 g/mol. The van der Waals surface area contributed by atoms with Crippen molar-refractivity contribution >= 4 is 5.91 Å². The lowest BCUT2D eigenvalue weighted by atomic mass is 10.1. The largest absolute Gasteiger partial charge is 0.491 e. The number of hydrogen-bond acceptors (Lipinski definition) is 2. The number of carbonyl (C=O) groups is 1. The van der Waals surface area contributed by atoms with Crippen molar-refractivity contribution in [2.45, 2.75) is 25.7 Å². The maximum Gasteiger partial charge on any atom is 0.260 e. The molecule has 96 valence electrons. The SMILES string of the molecule is CCN1CCOc2cc(C3CC3)cc(F)c2C1=O. The Bertz CT molecular complexity index is 497. The number of likely N-dealkylation sites (N-methyl/N-ethyl adjacent to an activating group) is 1. The molecular weight excluding hydrogens is 233 g/mol. The summed E-state index contributed by atoms with van der Waals surface area (Å²) in [4.78, 5) is 13.8. The van der Waals surface area contributed by atoms with Crippen LogP contribution < -0.4 is 4.74 Å². The van der Waals surface area contributed by atoms with Gasteiger partial charge in [-0.3, -0.25) is 4.79 Å². The van der Waals surface area contributed by atoms with Crippen LogP contribution >= 0.6 is 0 Å². The molecule has 0 bridgehead atoms. The fourth-order valence-corrected chi connectivity index (χ4v) is 2.40. The highest BCUT2D eigenvalue weighted by molar-refractivity contribution is 5.97. The molecule has 1 aromatic rings. The van der Waals surface area contributed by atoms with Crippen LogP contribution in [0.4, 0.5) is 4.39 Å². The van der Waals surface area contributed by atoms with Gasteiger partial charge >= 0.3 is 0 Å². The molecule has 1 heterocycles. The van der Waals surface area contributed by atoms with E-state index in [9.17, 15) is 9.18 Å². The number of hydrogen-bond donors (Lipinski definition) is 0. The summed E-state index contributed by atoms with van der Waals surface area (Å²) in [5, 5.41) is 0. The maximum atomic E-state index is 14.1. The standard InChI is InChI=1S/C14H16FNO2/c1-2-16-5-6-18-12-8-10(9-3-4-9)7-11(15)13(12)14(16)17/h7-9H,2-6H2,1H3. The van der Waals surface area contributed by atoms with Gasteiger partial charge < -0.3 is 9.64 Å². The van der Waals surface area contributed by atoms with Crippen molar-refractivity contribution in [1.82, 2.24) is 4.90 Å². The molecule has 2 aliphatic rings. The molecule has 1 aliphatic heterocycles. The maximum absolute atomic E-state index is 14.1. The summed E-state index contributed by atoms with van der Waals surface area (Å²) in [6, 6.07) is 3.34. The lowest BCUT2D eigenvalue weighted by Gasteiger charge is -2.17. The minimum absolute atomic E-state index is 0.0961. The summed E-state index contributed by atoms with van der Waals surface area (Å²) in [6.07, 6.45) is 2.21. The number of fused-ring (bicyclic) bond motifs is 1. The van der Waals surface area contributed by atoms with Crippen molar-refractivity contribution in [1.29, 1.82) is 0 Å². The third-order valence-corrected chi connectivity index (χ3v) is 3.63. The molecule has 1 saturated carbocycles. The van der Waals surface area contributed by atoms with Gasteiger partial charge in [-0.05, 0) is 43.4 Å². The van der Waals surface area contributed by atoms with Gasteiger partial charge in [-0.25, -0.2) is 4.39 Å². The average Bonchev–Trinajstić information content (AvgIpc) is 3.16. The Balaban J connectivity index is 2.05. The Morgan fingerprint density at radius 3 is 2.89 bits per heavy atom. The molecule has 0 saturated heterocycles. The first-order chi connectivity index (χ1) is 8.70. The number of halogens is 1. The van der Waals surface area contributed by atoms with Gasteiger partial charge in [-0.15, -0.1) is 0 Å². The summed E-state index contributed by atoms with van der Waals surface area (Å²) in [6.45, 7) is 3.41. The molecule has 1 aromatic carbocycles. The number of carbonyl (C=O) groups excluding carboxylic acids is 1. The third-order valence-electron chi connectivity index (χ3n) is 3.63. The molecule has 1 amide bonds. The lowest BCUT2D eigenvalue weighted by molar-refractivity contribution is 0.0761. The fourth-order valence-electron chi connectivity index (χ4n) is 2.40. The minimum Gasteiger partial charge on any atom is -0.491 e. The van der Waals surface area contributed by atoms with E-state index in [4.69, 9.17) is 4.74 Å². The van der Waals surface area contributed by atoms with Gasteiger partial charge in [-0.1, -0.05) is 0 Å². The van der Waals surface area contributed by atoms with Crippen LogP contribution in [0.2, 0.25) is 0 Å². The quantitative estimate of drug-likeness (QED) is 0.806. The predicted molar refractivity (Wildman–Crippen MR) is 65.4 cm³/mol. The molecule has 0 atom stereocenters. The van der Waals surface area contributed by atoms with E-state index in [1.807, 2.05) is 13.0 Å². The van der Waals surface area contributed by atoms with Crippen LogP contribution in [0, 0.1) is 5.82 Å². The van der Waals surface area contributed by atoms with Crippen LogP contribution in [0.1, 0.15) is 41.6 Å². The summed E-state index contributed by atoms with van der Waals surface area (Å²) in [5.41, 5.74) is 1.06. The second-order valence-electron chi connectivity index (χ2n) is 4.88. The Morgan fingerprint density at radius 2 is 2.22 bits per heavy atom. The van der Waals surface area contributed by atoms with Crippen molar-refractivity contribution in [2.75, 3.05) is 19.7 Å². The van der Waals surface area contributed by atoms with E-state index >= 15 is 0 Å². The zero-order valence-electron chi connectivity index (χ0n) is 10.4. The number of benzene rings is 1. The highest BCUT2D eigenvalue weighted by Gasteiger charge is 2.30. The van der Waals surface area contributed by atoms with Crippen molar-refractivity contribution < 1.29 is 13.9 Å². The van der Waals surface area contributed by atoms with Crippen molar-refractivity contribution in [3.8, 4) is 5.75 Å². The highest BCUT2D eigenvalue weighted by Crippen LogP contribution is 2.42. The molecule has 3 nitrogen and oxygen atoms in total. The molecule has 0 aromatic heterocycles. The molecule has 4 heteroatoms. The number of nitrogens with zero attached hydrogens (tertiary/aromatic N) is 1. The Morgan fingerprint density at radius 1 is 1.44 bits per heavy atom. The molecule has 1 fully saturated rings. The lowest BCUT2D eigenvalue weighted by Crippen LogP contribution is -2.32. The third kappa shape index (κ3) is 1.85. The van der Waals surface area contributed by atoms with E-state index in [1.54, 1.807) is 4.90 Å². The van der Waals surface area contributed by atoms with Crippen LogP contribution in [0.15, 0.2) is 12.1 Å². The first-order valence-corrected chi connectivity index (χ1v) is 6.46. The normalized spacial score (nSPS) is 19.2. The average molecular weight is 249 g/mol. The van der Waals surface area contributed by atoms with E-state index < -0.39 is 5.82 Å². The Hall–Kier alpha value is -1.58. The fraction of sp³-hybridized carbons (Fsp3) is 0.500.